The molecular weight excluding hydrogens is 252 g/mol. The summed E-state index contributed by atoms with van der Waals surface area (Å²) in [5.41, 5.74) is 1.36. The number of likely N-dealkylation sites (tertiary alicyclic amines) is 1. The van der Waals surface area contributed by atoms with E-state index < -0.39 is 0 Å². The Labute approximate surface area is 121 Å². The van der Waals surface area contributed by atoms with E-state index in [1.54, 1.807) is 7.11 Å². The zero-order valence-electron chi connectivity index (χ0n) is 12.2. The monoisotopic (exact) mass is 276 g/mol. The highest BCUT2D eigenvalue weighted by Gasteiger charge is 2.18. The van der Waals surface area contributed by atoms with Crippen LogP contribution in [-0.4, -0.2) is 44.6 Å². The van der Waals surface area contributed by atoms with Crippen LogP contribution >= 0.6 is 0 Å². The zero-order chi connectivity index (χ0) is 14.2. The minimum absolute atomic E-state index is 0.650. The first-order valence-corrected chi connectivity index (χ1v) is 7.34. The fourth-order valence-electron chi connectivity index (χ4n) is 2.71. The fourth-order valence-corrected chi connectivity index (χ4v) is 2.71. The number of rotatable bonds is 7. The van der Waals surface area contributed by atoms with E-state index in [0.717, 1.165) is 44.8 Å². The topological polar surface area (TPSA) is 41.6 Å². The number of benzene rings is 1. The summed E-state index contributed by atoms with van der Waals surface area (Å²) in [5, 5.41) is 2.79. The lowest BCUT2D eigenvalue weighted by Crippen LogP contribution is -2.38. The molecule has 1 fully saturated rings. The van der Waals surface area contributed by atoms with Gasteiger partial charge in [0.2, 0.25) is 6.41 Å². The first-order valence-electron chi connectivity index (χ1n) is 7.34. The first kappa shape index (κ1) is 14.9. The van der Waals surface area contributed by atoms with Gasteiger partial charge in [-0.3, -0.25) is 4.79 Å². The second-order valence-corrected chi connectivity index (χ2v) is 5.41. The standard InChI is InChI=1S/C16H24N2O2/c1-20-16-4-2-14(3-5-16)6-9-18-10-7-15(8-11-18)12-17-13-19/h2-5,13,15H,6-12H2,1H3,(H,17,19). The van der Waals surface area contributed by atoms with Gasteiger partial charge in [-0.05, 0) is 56.0 Å². The number of hydrogen-bond donors (Lipinski definition) is 1. The molecule has 4 nitrogen and oxygen atoms in total. The molecule has 0 atom stereocenters. The summed E-state index contributed by atoms with van der Waals surface area (Å²) in [7, 11) is 1.69. The van der Waals surface area contributed by atoms with E-state index in [-0.39, 0.29) is 0 Å². The van der Waals surface area contributed by atoms with Gasteiger partial charge in [0.25, 0.3) is 0 Å². The summed E-state index contributed by atoms with van der Waals surface area (Å²) in [6, 6.07) is 8.32. The van der Waals surface area contributed by atoms with Crippen molar-refractivity contribution >= 4 is 6.41 Å². The molecular formula is C16H24N2O2. The average molecular weight is 276 g/mol. The number of hydrogen-bond acceptors (Lipinski definition) is 3. The van der Waals surface area contributed by atoms with Gasteiger partial charge in [0, 0.05) is 13.1 Å². The zero-order valence-corrected chi connectivity index (χ0v) is 12.2. The largest absolute Gasteiger partial charge is 0.497 e. The summed E-state index contributed by atoms with van der Waals surface area (Å²) in [5.74, 6) is 1.56. The van der Waals surface area contributed by atoms with Gasteiger partial charge in [-0.15, -0.1) is 0 Å². The van der Waals surface area contributed by atoms with Crippen molar-refractivity contribution in [3.63, 3.8) is 0 Å². The molecule has 1 N–H and O–H groups in total. The highest BCUT2D eigenvalue weighted by atomic mass is 16.5. The van der Waals surface area contributed by atoms with E-state index in [1.165, 1.54) is 18.4 Å². The van der Waals surface area contributed by atoms with Crippen molar-refractivity contribution < 1.29 is 9.53 Å². The van der Waals surface area contributed by atoms with Crippen LogP contribution < -0.4 is 10.1 Å². The Balaban J connectivity index is 1.68. The van der Waals surface area contributed by atoms with E-state index >= 15 is 0 Å². The molecule has 110 valence electrons. The number of ether oxygens (including phenoxy) is 1. The van der Waals surface area contributed by atoms with Crippen molar-refractivity contribution in [2.45, 2.75) is 19.3 Å². The van der Waals surface area contributed by atoms with E-state index in [4.69, 9.17) is 4.74 Å². The van der Waals surface area contributed by atoms with Crippen molar-refractivity contribution in [1.29, 1.82) is 0 Å². The van der Waals surface area contributed by atoms with Gasteiger partial charge in [0.1, 0.15) is 5.75 Å². The van der Waals surface area contributed by atoms with Gasteiger partial charge in [-0.1, -0.05) is 12.1 Å². The molecule has 2 rings (SSSR count). The third-order valence-electron chi connectivity index (χ3n) is 4.07. The molecule has 1 amide bonds. The van der Waals surface area contributed by atoms with Crippen LogP contribution in [0.15, 0.2) is 24.3 Å². The van der Waals surface area contributed by atoms with Crippen LogP contribution in [0.5, 0.6) is 5.75 Å². The van der Waals surface area contributed by atoms with E-state index in [1.807, 2.05) is 12.1 Å². The fraction of sp³-hybridized carbons (Fsp3) is 0.562. The molecule has 1 saturated heterocycles. The van der Waals surface area contributed by atoms with Crippen LogP contribution in [0, 0.1) is 5.92 Å². The first-order chi connectivity index (χ1) is 9.81. The molecule has 0 spiro atoms. The number of carbonyl (C=O) groups is 1. The molecule has 4 heteroatoms. The number of nitrogens with zero attached hydrogens (tertiary/aromatic N) is 1. The minimum Gasteiger partial charge on any atom is -0.497 e. The highest BCUT2D eigenvalue weighted by Crippen LogP contribution is 2.17. The normalized spacial score (nSPS) is 16.9. The minimum atomic E-state index is 0.650. The molecule has 0 radical (unpaired) electrons. The smallest absolute Gasteiger partial charge is 0.207 e. The molecule has 0 saturated carbocycles. The third kappa shape index (κ3) is 4.53. The molecule has 1 aromatic rings. The van der Waals surface area contributed by atoms with Crippen molar-refractivity contribution in [2.24, 2.45) is 5.92 Å². The van der Waals surface area contributed by atoms with E-state index in [9.17, 15) is 4.79 Å². The Morgan fingerprint density at radius 1 is 1.30 bits per heavy atom. The Morgan fingerprint density at radius 2 is 2.00 bits per heavy atom. The Kier molecular flexibility index (Phi) is 5.87. The summed E-state index contributed by atoms with van der Waals surface area (Å²) in [6.07, 6.45) is 4.25. The number of methoxy groups -OCH3 is 1. The lowest BCUT2D eigenvalue weighted by Gasteiger charge is -2.31. The van der Waals surface area contributed by atoms with Gasteiger partial charge in [-0.25, -0.2) is 0 Å². The molecule has 0 aliphatic carbocycles. The molecule has 20 heavy (non-hydrogen) atoms. The maximum atomic E-state index is 10.3. The average Bonchev–Trinajstić information content (AvgIpc) is 2.52. The summed E-state index contributed by atoms with van der Waals surface area (Å²) in [6.45, 7) is 4.22. The Morgan fingerprint density at radius 3 is 2.60 bits per heavy atom. The molecule has 0 aromatic heterocycles. The van der Waals surface area contributed by atoms with Gasteiger partial charge >= 0.3 is 0 Å². The summed E-state index contributed by atoms with van der Waals surface area (Å²) < 4.78 is 5.17. The lowest BCUT2D eigenvalue weighted by molar-refractivity contribution is -0.109. The quantitative estimate of drug-likeness (QED) is 0.771. The molecule has 0 unspecified atom stereocenters. The van der Waals surface area contributed by atoms with Crippen LogP contribution in [-0.2, 0) is 11.2 Å². The van der Waals surface area contributed by atoms with Crippen molar-refractivity contribution in [3.8, 4) is 5.75 Å². The van der Waals surface area contributed by atoms with Gasteiger partial charge in [-0.2, -0.15) is 0 Å². The van der Waals surface area contributed by atoms with E-state index in [2.05, 4.69) is 22.3 Å². The molecule has 1 aliphatic rings. The van der Waals surface area contributed by atoms with Crippen LogP contribution in [0.25, 0.3) is 0 Å². The maximum absolute atomic E-state index is 10.3. The van der Waals surface area contributed by atoms with Gasteiger partial charge in [0.15, 0.2) is 0 Å². The summed E-state index contributed by atoms with van der Waals surface area (Å²) >= 11 is 0. The molecule has 1 heterocycles. The predicted octanol–water partition coefficient (Wildman–Crippen LogP) is 1.70. The highest BCUT2D eigenvalue weighted by molar-refractivity contribution is 5.45. The predicted molar refractivity (Wildman–Crippen MR) is 79.9 cm³/mol. The second-order valence-electron chi connectivity index (χ2n) is 5.41. The molecule has 0 bridgehead atoms. The van der Waals surface area contributed by atoms with Gasteiger partial charge < -0.3 is 15.0 Å². The van der Waals surface area contributed by atoms with Crippen LogP contribution in [0.2, 0.25) is 0 Å². The SMILES string of the molecule is COc1ccc(CCN2CCC(CNC=O)CC2)cc1. The van der Waals surface area contributed by atoms with Crippen molar-refractivity contribution in [3.05, 3.63) is 29.8 Å². The number of piperidine rings is 1. The van der Waals surface area contributed by atoms with Crippen LogP contribution in [0.3, 0.4) is 0 Å². The Bertz CT molecular complexity index is 397. The van der Waals surface area contributed by atoms with Crippen molar-refractivity contribution in [1.82, 2.24) is 10.2 Å². The van der Waals surface area contributed by atoms with E-state index in [0.29, 0.717) is 5.92 Å². The van der Waals surface area contributed by atoms with Crippen LogP contribution in [0.4, 0.5) is 0 Å². The molecule has 1 aromatic carbocycles. The third-order valence-corrected chi connectivity index (χ3v) is 4.07. The molecule has 1 aliphatic heterocycles. The second kappa shape index (κ2) is 7.90. The number of carbonyl (C=O) groups excluding carboxylic acids is 1. The number of amides is 1. The van der Waals surface area contributed by atoms with Crippen molar-refractivity contribution in [2.75, 3.05) is 33.3 Å². The number of nitrogens with one attached hydrogen (secondary N) is 1. The Hall–Kier alpha value is -1.55. The van der Waals surface area contributed by atoms with Crippen LogP contribution in [0.1, 0.15) is 18.4 Å². The lowest BCUT2D eigenvalue weighted by atomic mass is 9.96. The maximum Gasteiger partial charge on any atom is 0.207 e. The van der Waals surface area contributed by atoms with Gasteiger partial charge in [0.05, 0.1) is 7.11 Å². The summed E-state index contributed by atoms with van der Waals surface area (Å²) in [4.78, 5) is 12.8.